The average Bonchev–Trinajstić information content (AvgIpc) is 3.47. The standard InChI is InChI=1S/C41H56ClN5O7S/c1-38(2,3)25-47(22-26-20-32(55-24-26)39(4,5)6)23-33(48)46(13)31-19-18-29(21-30(31)42)52-34(49)27-14-16-28(17-15-27)43-35(44-36(50)53-40(7,8)9)45-37(51)54-41(10,11)12/h14-21,24H,22-23,25H2,1-13H3,(H2,43,44,45,50,51). The maximum Gasteiger partial charge on any atom is 0.437 e. The summed E-state index contributed by atoms with van der Waals surface area (Å²) < 4.78 is 16.1. The third kappa shape index (κ3) is 15.7. The summed E-state index contributed by atoms with van der Waals surface area (Å²) in [6, 6.07) is 13.0. The van der Waals surface area contributed by atoms with Crippen molar-refractivity contribution in [2.24, 2.45) is 10.4 Å². The molecule has 1 aromatic heterocycles. The van der Waals surface area contributed by atoms with E-state index in [-0.39, 0.29) is 45.6 Å². The van der Waals surface area contributed by atoms with Crippen molar-refractivity contribution in [3.63, 3.8) is 0 Å². The Hall–Kier alpha value is -4.46. The van der Waals surface area contributed by atoms with Gasteiger partial charge in [0, 0.05) is 36.8 Å². The molecule has 0 saturated heterocycles. The van der Waals surface area contributed by atoms with Gasteiger partial charge in [-0.1, -0.05) is 53.1 Å². The van der Waals surface area contributed by atoms with Gasteiger partial charge in [-0.3, -0.25) is 15.0 Å². The molecule has 3 aromatic rings. The number of rotatable bonds is 9. The Bertz CT molecular complexity index is 1860. The highest BCUT2D eigenvalue weighted by molar-refractivity contribution is 7.10. The van der Waals surface area contributed by atoms with Gasteiger partial charge in [-0.25, -0.2) is 14.4 Å². The van der Waals surface area contributed by atoms with Crippen LogP contribution in [0.2, 0.25) is 5.02 Å². The van der Waals surface area contributed by atoms with Crippen LogP contribution in [0.3, 0.4) is 0 Å². The van der Waals surface area contributed by atoms with Crippen molar-refractivity contribution >= 4 is 64.3 Å². The first-order chi connectivity index (χ1) is 25.2. The smallest absolute Gasteiger partial charge is 0.437 e. The molecule has 55 heavy (non-hydrogen) atoms. The normalized spacial score (nSPS) is 12.6. The average molecular weight is 798 g/mol. The van der Waals surface area contributed by atoms with Crippen molar-refractivity contribution in [1.82, 2.24) is 10.2 Å². The molecule has 1 heterocycles. The Morgan fingerprint density at radius 3 is 1.98 bits per heavy atom. The summed E-state index contributed by atoms with van der Waals surface area (Å²) in [4.78, 5) is 60.3. The van der Waals surface area contributed by atoms with E-state index in [9.17, 15) is 19.2 Å². The van der Waals surface area contributed by atoms with Gasteiger partial charge in [0.2, 0.25) is 11.9 Å². The molecule has 300 valence electrons. The number of esters is 1. The predicted molar refractivity (Wildman–Crippen MR) is 221 cm³/mol. The Morgan fingerprint density at radius 2 is 1.45 bits per heavy atom. The van der Waals surface area contributed by atoms with E-state index in [0.717, 1.165) is 6.54 Å². The van der Waals surface area contributed by atoms with Crippen LogP contribution in [-0.4, -0.2) is 66.3 Å². The molecule has 0 spiro atoms. The second kappa shape index (κ2) is 18.0. The molecule has 0 aliphatic heterocycles. The van der Waals surface area contributed by atoms with Crippen LogP contribution in [0.5, 0.6) is 5.75 Å². The van der Waals surface area contributed by atoms with Crippen LogP contribution < -0.4 is 20.3 Å². The minimum absolute atomic E-state index is 0.0281. The number of carbonyl (C=O) groups excluding carboxylic acids is 4. The maximum absolute atomic E-state index is 13.6. The van der Waals surface area contributed by atoms with Crippen molar-refractivity contribution in [2.45, 2.75) is 106 Å². The number of carbonyl (C=O) groups is 4. The van der Waals surface area contributed by atoms with E-state index in [2.05, 4.69) is 73.5 Å². The second-order valence-corrected chi connectivity index (χ2v) is 18.8. The number of alkyl carbamates (subject to hydrolysis) is 1. The van der Waals surface area contributed by atoms with Crippen molar-refractivity contribution in [2.75, 3.05) is 30.4 Å². The van der Waals surface area contributed by atoms with Crippen LogP contribution in [-0.2, 0) is 26.2 Å². The molecule has 14 heteroatoms. The van der Waals surface area contributed by atoms with Gasteiger partial charge in [0.05, 0.1) is 22.8 Å². The minimum atomic E-state index is -0.933. The number of guanidine groups is 1. The van der Waals surface area contributed by atoms with Gasteiger partial charge >= 0.3 is 18.2 Å². The Morgan fingerprint density at radius 1 is 0.836 bits per heavy atom. The number of benzene rings is 2. The van der Waals surface area contributed by atoms with E-state index >= 15 is 0 Å². The molecule has 0 bridgehead atoms. The number of hydrogen-bond donors (Lipinski definition) is 2. The van der Waals surface area contributed by atoms with Crippen molar-refractivity contribution in [1.29, 1.82) is 0 Å². The maximum atomic E-state index is 13.6. The van der Waals surface area contributed by atoms with E-state index in [1.807, 2.05) is 0 Å². The van der Waals surface area contributed by atoms with E-state index in [0.29, 0.717) is 17.9 Å². The van der Waals surface area contributed by atoms with Gasteiger partial charge < -0.3 is 24.4 Å². The number of anilines is 2. The molecule has 0 aliphatic rings. The third-order valence-electron chi connectivity index (χ3n) is 7.32. The van der Waals surface area contributed by atoms with Crippen LogP contribution >= 0.6 is 22.9 Å². The molecule has 0 saturated carbocycles. The number of likely N-dealkylation sites (N-methyl/N-ethyl adjacent to an activating group) is 1. The van der Waals surface area contributed by atoms with E-state index in [4.69, 9.17) is 25.8 Å². The molecule has 2 N–H and O–H groups in total. The summed E-state index contributed by atoms with van der Waals surface area (Å²) in [5.74, 6) is -0.834. The number of nitrogens with one attached hydrogen (secondary N) is 2. The first-order valence-electron chi connectivity index (χ1n) is 17.9. The molecule has 0 unspecified atom stereocenters. The molecule has 0 atom stereocenters. The number of nitrogens with zero attached hydrogens (tertiary/aromatic N) is 3. The lowest BCUT2D eigenvalue weighted by atomic mass is 9.94. The molecular formula is C41H56ClN5O7S. The summed E-state index contributed by atoms with van der Waals surface area (Å²) in [6.45, 7) is 24.7. The molecule has 3 rings (SSSR count). The van der Waals surface area contributed by atoms with E-state index < -0.39 is 29.4 Å². The molecule has 0 radical (unpaired) electrons. The first kappa shape index (κ1) is 44.9. The topological polar surface area (TPSA) is 139 Å². The minimum Gasteiger partial charge on any atom is -0.444 e. The monoisotopic (exact) mass is 797 g/mol. The highest BCUT2D eigenvalue weighted by Crippen LogP contribution is 2.32. The highest BCUT2D eigenvalue weighted by atomic mass is 35.5. The number of aliphatic imine (C=N–C) groups is 1. The molecule has 3 amide bonds. The fourth-order valence-corrected chi connectivity index (χ4v) is 6.35. The first-order valence-corrected chi connectivity index (χ1v) is 19.2. The third-order valence-corrected chi connectivity index (χ3v) is 9.03. The fraction of sp³-hybridized carbons (Fsp3) is 0.488. The van der Waals surface area contributed by atoms with Crippen molar-refractivity contribution in [3.8, 4) is 5.75 Å². The molecule has 0 aliphatic carbocycles. The van der Waals surface area contributed by atoms with Gasteiger partial charge in [-0.05, 0) is 106 Å². The quantitative estimate of drug-likeness (QED) is 0.0938. The summed E-state index contributed by atoms with van der Waals surface area (Å²) in [5, 5.41) is 7.65. The molecule has 2 aromatic carbocycles. The number of halogens is 1. The summed E-state index contributed by atoms with van der Waals surface area (Å²) in [5.41, 5.74) is 0.679. The molecule has 0 fully saturated rings. The number of ether oxygens (including phenoxy) is 3. The zero-order chi connectivity index (χ0) is 41.5. The molecule has 12 nitrogen and oxygen atoms in total. The van der Waals surface area contributed by atoms with Gasteiger partial charge in [-0.15, -0.1) is 16.3 Å². The summed E-state index contributed by atoms with van der Waals surface area (Å²) >= 11 is 8.38. The SMILES string of the molecule is CN(C(=O)CN(Cc1csc(C(C)(C)C)c1)CC(C)(C)C)c1ccc(OC(=O)c2ccc(N/C(=N\C(=O)OC(C)(C)C)NC(=O)OC(C)(C)C)cc2)cc1Cl. The zero-order valence-corrected chi connectivity index (χ0v) is 35.9. The van der Waals surface area contributed by atoms with Gasteiger partial charge in [0.15, 0.2) is 0 Å². The van der Waals surface area contributed by atoms with Crippen LogP contribution in [0.1, 0.15) is 104 Å². The fourth-order valence-electron chi connectivity index (χ4n) is 5.06. The molecular weight excluding hydrogens is 742 g/mol. The Labute approximate surface area is 334 Å². The lowest BCUT2D eigenvalue weighted by Gasteiger charge is -2.31. The summed E-state index contributed by atoms with van der Waals surface area (Å²) in [6.07, 6.45) is -1.77. The second-order valence-electron chi connectivity index (χ2n) is 17.5. The van der Waals surface area contributed by atoms with Gasteiger partial charge in [0.1, 0.15) is 17.0 Å². The Kier molecular flexibility index (Phi) is 14.7. The van der Waals surface area contributed by atoms with Gasteiger partial charge in [0.25, 0.3) is 0 Å². The van der Waals surface area contributed by atoms with Crippen LogP contribution in [0.25, 0.3) is 0 Å². The van der Waals surface area contributed by atoms with Crippen LogP contribution in [0, 0.1) is 5.41 Å². The number of amides is 3. The summed E-state index contributed by atoms with van der Waals surface area (Å²) in [7, 11) is 1.68. The zero-order valence-electron chi connectivity index (χ0n) is 34.3. The van der Waals surface area contributed by atoms with Gasteiger partial charge in [-0.2, -0.15) is 0 Å². The lowest BCUT2D eigenvalue weighted by Crippen LogP contribution is -2.41. The largest absolute Gasteiger partial charge is 0.444 e. The predicted octanol–water partition coefficient (Wildman–Crippen LogP) is 9.66. The van der Waals surface area contributed by atoms with Crippen LogP contribution in [0.15, 0.2) is 58.9 Å². The highest BCUT2D eigenvalue weighted by Gasteiger charge is 2.25. The van der Waals surface area contributed by atoms with Crippen molar-refractivity contribution in [3.05, 3.63) is 74.9 Å². The van der Waals surface area contributed by atoms with E-state index in [1.165, 1.54) is 33.5 Å². The van der Waals surface area contributed by atoms with E-state index in [1.54, 1.807) is 84.2 Å². The van der Waals surface area contributed by atoms with Crippen molar-refractivity contribution < 1.29 is 33.4 Å². The lowest BCUT2D eigenvalue weighted by molar-refractivity contribution is -0.119. The van der Waals surface area contributed by atoms with Crippen LogP contribution in [0.4, 0.5) is 21.0 Å². The number of thiophene rings is 1. The Balaban J connectivity index is 1.69. The number of hydrogen-bond acceptors (Lipinski definition) is 9.